The number of nitrogens with zero attached hydrogens (tertiary/aromatic N) is 1. The summed E-state index contributed by atoms with van der Waals surface area (Å²) in [6, 6.07) is 1.69. The van der Waals surface area contributed by atoms with Crippen LogP contribution in [0, 0.1) is 0 Å². The van der Waals surface area contributed by atoms with Gasteiger partial charge in [-0.25, -0.2) is 0 Å². The molecule has 1 N–H and O–H groups in total. The Kier molecular flexibility index (Phi) is 5.43. The van der Waals surface area contributed by atoms with Gasteiger partial charge in [-0.3, -0.25) is 4.98 Å². The predicted octanol–water partition coefficient (Wildman–Crippen LogP) is 2.80. The maximum Gasteiger partial charge on any atom is 0.139 e. The normalized spacial score (nSPS) is 10.3. The summed E-state index contributed by atoms with van der Waals surface area (Å²) < 4.78 is 5.46. The van der Waals surface area contributed by atoms with Crippen molar-refractivity contribution in [3.63, 3.8) is 0 Å². The molecule has 3 nitrogen and oxygen atoms in total. The van der Waals surface area contributed by atoms with Crippen LogP contribution in [0.1, 0.15) is 31.9 Å². The molecule has 0 saturated heterocycles. The van der Waals surface area contributed by atoms with E-state index in [0.717, 1.165) is 12.8 Å². The second kappa shape index (κ2) is 6.64. The van der Waals surface area contributed by atoms with Gasteiger partial charge in [0.2, 0.25) is 0 Å². The summed E-state index contributed by atoms with van der Waals surface area (Å²) in [4.78, 5) is 3.99. The van der Waals surface area contributed by atoms with E-state index in [9.17, 15) is 0 Å². The van der Waals surface area contributed by atoms with E-state index >= 15 is 0 Å². The molecule has 0 unspecified atom stereocenters. The van der Waals surface area contributed by atoms with Crippen LogP contribution in [-0.4, -0.2) is 16.7 Å². The third-order valence-electron chi connectivity index (χ3n) is 2.06. The molecule has 0 fully saturated rings. The third kappa shape index (κ3) is 4.06. The smallest absolute Gasteiger partial charge is 0.139 e. The Hall–Kier alpha value is -0.800. The molecule has 1 aromatic rings. The van der Waals surface area contributed by atoms with Gasteiger partial charge in [0, 0.05) is 6.07 Å². The summed E-state index contributed by atoms with van der Waals surface area (Å²) in [5.41, 5.74) is 0.484. The molecule has 0 saturated carbocycles. The predicted molar refractivity (Wildman–Crippen MR) is 60.2 cm³/mol. The van der Waals surface area contributed by atoms with Gasteiger partial charge in [-0.15, -0.1) is 0 Å². The zero-order chi connectivity index (χ0) is 11.1. The second-order valence-electron chi connectivity index (χ2n) is 3.31. The van der Waals surface area contributed by atoms with Gasteiger partial charge in [0.1, 0.15) is 5.75 Å². The lowest BCUT2D eigenvalue weighted by Crippen LogP contribution is -1.99. The van der Waals surface area contributed by atoms with E-state index < -0.39 is 0 Å². The number of aromatic nitrogens is 1. The molecular weight excluding hydrogens is 214 g/mol. The quantitative estimate of drug-likeness (QED) is 0.763. The van der Waals surface area contributed by atoms with Crippen molar-refractivity contribution in [2.45, 2.75) is 32.8 Å². The average Bonchev–Trinajstić information content (AvgIpc) is 2.25. The van der Waals surface area contributed by atoms with Crippen LogP contribution in [0.4, 0.5) is 0 Å². The SMILES string of the molecule is CCCCCOc1cnc(CO)c(Cl)c1. The van der Waals surface area contributed by atoms with Crippen LogP contribution in [0.25, 0.3) is 0 Å². The molecule has 0 aliphatic carbocycles. The van der Waals surface area contributed by atoms with Crippen molar-refractivity contribution in [2.75, 3.05) is 6.61 Å². The van der Waals surface area contributed by atoms with Gasteiger partial charge in [-0.2, -0.15) is 0 Å². The molecule has 0 aliphatic heterocycles. The Balaban J connectivity index is 2.45. The highest BCUT2D eigenvalue weighted by atomic mass is 35.5. The van der Waals surface area contributed by atoms with Crippen LogP contribution in [0.2, 0.25) is 5.02 Å². The number of halogens is 1. The lowest BCUT2D eigenvalue weighted by Gasteiger charge is -2.06. The molecule has 1 aromatic heterocycles. The van der Waals surface area contributed by atoms with Gasteiger partial charge in [-0.05, 0) is 6.42 Å². The molecule has 0 bridgehead atoms. The molecule has 0 spiro atoms. The Morgan fingerprint density at radius 3 is 2.87 bits per heavy atom. The van der Waals surface area contributed by atoms with Crippen LogP contribution < -0.4 is 4.74 Å². The van der Waals surface area contributed by atoms with Gasteiger partial charge >= 0.3 is 0 Å². The van der Waals surface area contributed by atoms with Crippen LogP contribution in [0.3, 0.4) is 0 Å². The average molecular weight is 230 g/mol. The highest BCUT2D eigenvalue weighted by Crippen LogP contribution is 2.20. The minimum absolute atomic E-state index is 0.144. The zero-order valence-corrected chi connectivity index (χ0v) is 9.63. The third-order valence-corrected chi connectivity index (χ3v) is 2.39. The van der Waals surface area contributed by atoms with E-state index in [1.165, 1.54) is 6.42 Å². The lowest BCUT2D eigenvalue weighted by molar-refractivity contribution is 0.275. The molecule has 1 rings (SSSR count). The Labute approximate surface area is 95.1 Å². The van der Waals surface area contributed by atoms with Crippen molar-refractivity contribution in [3.05, 3.63) is 23.0 Å². The molecule has 84 valence electrons. The van der Waals surface area contributed by atoms with Crippen LogP contribution in [0.15, 0.2) is 12.3 Å². The lowest BCUT2D eigenvalue weighted by atomic mass is 10.3. The van der Waals surface area contributed by atoms with Gasteiger partial charge in [0.25, 0.3) is 0 Å². The largest absolute Gasteiger partial charge is 0.492 e. The van der Waals surface area contributed by atoms with Crippen LogP contribution in [-0.2, 0) is 6.61 Å². The number of hydrogen-bond acceptors (Lipinski definition) is 3. The van der Waals surface area contributed by atoms with Crippen molar-refractivity contribution in [3.8, 4) is 5.75 Å². The summed E-state index contributed by atoms with van der Waals surface area (Å²) >= 11 is 5.87. The topological polar surface area (TPSA) is 42.4 Å². The molecule has 1 heterocycles. The first kappa shape index (κ1) is 12.3. The van der Waals surface area contributed by atoms with E-state index in [2.05, 4.69) is 11.9 Å². The van der Waals surface area contributed by atoms with Crippen molar-refractivity contribution in [2.24, 2.45) is 0 Å². The molecule has 4 heteroatoms. The molecule has 15 heavy (non-hydrogen) atoms. The first-order chi connectivity index (χ1) is 7.27. The summed E-state index contributed by atoms with van der Waals surface area (Å²) in [5.74, 6) is 0.660. The summed E-state index contributed by atoms with van der Waals surface area (Å²) in [6.07, 6.45) is 4.96. The van der Waals surface area contributed by atoms with Gasteiger partial charge in [0.15, 0.2) is 0 Å². The molecule has 0 radical (unpaired) electrons. The number of unbranched alkanes of at least 4 members (excludes halogenated alkanes) is 2. The number of hydrogen-bond donors (Lipinski definition) is 1. The first-order valence-electron chi connectivity index (χ1n) is 5.16. The highest BCUT2D eigenvalue weighted by molar-refractivity contribution is 6.31. The fourth-order valence-electron chi connectivity index (χ4n) is 1.19. The number of rotatable bonds is 6. The Morgan fingerprint density at radius 1 is 1.47 bits per heavy atom. The number of aliphatic hydroxyl groups excluding tert-OH is 1. The molecular formula is C11H16ClNO2. The molecule has 0 atom stereocenters. The summed E-state index contributed by atoms with van der Waals surface area (Å²) in [5, 5.41) is 9.32. The molecule has 0 amide bonds. The van der Waals surface area contributed by atoms with Crippen molar-refractivity contribution >= 4 is 11.6 Å². The number of pyridine rings is 1. The van der Waals surface area contributed by atoms with E-state index in [4.69, 9.17) is 21.4 Å². The number of ether oxygens (including phenoxy) is 1. The van der Waals surface area contributed by atoms with Crippen molar-refractivity contribution < 1.29 is 9.84 Å². The van der Waals surface area contributed by atoms with E-state index in [1.807, 2.05) is 0 Å². The molecule has 0 aliphatic rings. The zero-order valence-electron chi connectivity index (χ0n) is 8.87. The van der Waals surface area contributed by atoms with Gasteiger partial charge < -0.3 is 9.84 Å². The standard InChI is InChI=1S/C11H16ClNO2/c1-2-3-4-5-15-9-6-10(12)11(8-14)13-7-9/h6-7,14H,2-5,8H2,1H3. The van der Waals surface area contributed by atoms with E-state index in [1.54, 1.807) is 12.3 Å². The maximum absolute atomic E-state index is 8.87. The van der Waals surface area contributed by atoms with Gasteiger partial charge in [0.05, 0.1) is 30.1 Å². The maximum atomic E-state index is 8.87. The van der Waals surface area contributed by atoms with E-state index in [-0.39, 0.29) is 6.61 Å². The van der Waals surface area contributed by atoms with Crippen molar-refractivity contribution in [1.29, 1.82) is 0 Å². The fourth-order valence-corrected chi connectivity index (χ4v) is 1.40. The van der Waals surface area contributed by atoms with Gasteiger partial charge in [-0.1, -0.05) is 31.4 Å². The first-order valence-corrected chi connectivity index (χ1v) is 5.53. The minimum Gasteiger partial charge on any atom is -0.492 e. The summed E-state index contributed by atoms with van der Waals surface area (Å²) in [7, 11) is 0. The Bertz CT molecular complexity index is 305. The van der Waals surface area contributed by atoms with E-state index in [0.29, 0.717) is 23.1 Å². The monoisotopic (exact) mass is 229 g/mol. The van der Waals surface area contributed by atoms with Crippen molar-refractivity contribution in [1.82, 2.24) is 4.98 Å². The van der Waals surface area contributed by atoms with Crippen LogP contribution >= 0.6 is 11.6 Å². The fraction of sp³-hybridized carbons (Fsp3) is 0.545. The highest BCUT2D eigenvalue weighted by Gasteiger charge is 2.02. The second-order valence-corrected chi connectivity index (χ2v) is 3.72. The number of aliphatic hydroxyl groups is 1. The van der Waals surface area contributed by atoms with Crippen LogP contribution in [0.5, 0.6) is 5.75 Å². The summed E-state index contributed by atoms with van der Waals surface area (Å²) in [6.45, 7) is 2.69. The Morgan fingerprint density at radius 2 is 2.27 bits per heavy atom. The minimum atomic E-state index is -0.144. The molecule has 0 aromatic carbocycles.